The lowest BCUT2D eigenvalue weighted by Gasteiger charge is -2.13. The topological polar surface area (TPSA) is 53.2 Å². The van der Waals surface area contributed by atoms with Crippen LogP contribution < -0.4 is 16.2 Å². The first-order chi connectivity index (χ1) is 11.0. The van der Waals surface area contributed by atoms with Gasteiger partial charge in [-0.05, 0) is 49.6 Å². The Morgan fingerprint density at radius 3 is 2.57 bits per heavy atom. The first kappa shape index (κ1) is 16.2. The van der Waals surface area contributed by atoms with Crippen LogP contribution in [-0.2, 0) is 4.79 Å². The van der Waals surface area contributed by atoms with Crippen molar-refractivity contribution in [2.24, 2.45) is 0 Å². The summed E-state index contributed by atoms with van der Waals surface area (Å²) in [6.45, 7) is 4.05. The maximum atomic E-state index is 12.5. The molecule has 1 saturated heterocycles. The molecule has 3 N–H and O–H groups in total. The zero-order valence-electron chi connectivity index (χ0n) is 13.2. The van der Waals surface area contributed by atoms with Crippen LogP contribution in [0.2, 0.25) is 0 Å². The number of hydrogen-bond acceptors (Lipinski definition) is 3. The molecular formula is C18H20BrN3O. The van der Waals surface area contributed by atoms with E-state index in [0.717, 1.165) is 22.1 Å². The molecule has 0 bridgehead atoms. The van der Waals surface area contributed by atoms with Crippen LogP contribution >= 0.6 is 15.9 Å². The van der Waals surface area contributed by atoms with Crippen LogP contribution in [-0.4, -0.2) is 11.9 Å². The van der Waals surface area contributed by atoms with Crippen molar-refractivity contribution in [3.8, 4) is 0 Å². The van der Waals surface area contributed by atoms with Crippen molar-refractivity contribution in [3.05, 3.63) is 63.6 Å². The highest BCUT2D eigenvalue weighted by atomic mass is 79.9. The van der Waals surface area contributed by atoms with Gasteiger partial charge in [0.05, 0.1) is 0 Å². The largest absolute Gasteiger partial charge is 0.324 e. The summed E-state index contributed by atoms with van der Waals surface area (Å²) >= 11 is 3.44. The quantitative estimate of drug-likeness (QED) is 0.769. The first-order valence-electron chi connectivity index (χ1n) is 7.67. The molecule has 1 fully saturated rings. The van der Waals surface area contributed by atoms with Gasteiger partial charge >= 0.3 is 0 Å². The molecule has 0 aromatic heterocycles. The van der Waals surface area contributed by atoms with E-state index < -0.39 is 0 Å². The second-order valence-corrected chi connectivity index (χ2v) is 6.90. The molecule has 1 aliphatic rings. The Kier molecular flexibility index (Phi) is 4.80. The number of aryl methyl sites for hydroxylation is 2. The molecule has 120 valence electrons. The van der Waals surface area contributed by atoms with E-state index in [0.29, 0.717) is 0 Å². The molecule has 0 saturated carbocycles. The van der Waals surface area contributed by atoms with E-state index in [1.807, 2.05) is 38.1 Å². The number of amides is 1. The minimum absolute atomic E-state index is 0.0101. The van der Waals surface area contributed by atoms with Crippen LogP contribution in [0.3, 0.4) is 0 Å². The third-order valence-electron chi connectivity index (χ3n) is 4.13. The summed E-state index contributed by atoms with van der Waals surface area (Å²) in [6.07, 6.45) is 0.721. The number of hydrazine groups is 1. The second-order valence-electron chi connectivity index (χ2n) is 5.99. The average Bonchev–Trinajstić information content (AvgIpc) is 3.01. The minimum Gasteiger partial charge on any atom is -0.324 e. The van der Waals surface area contributed by atoms with E-state index in [1.165, 1.54) is 11.1 Å². The molecule has 0 radical (unpaired) electrons. The fourth-order valence-electron chi connectivity index (χ4n) is 2.82. The Morgan fingerprint density at radius 1 is 1.13 bits per heavy atom. The van der Waals surface area contributed by atoms with Crippen LogP contribution in [0.5, 0.6) is 0 Å². The second kappa shape index (κ2) is 6.83. The van der Waals surface area contributed by atoms with Crippen LogP contribution in [0.1, 0.15) is 29.2 Å². The zero-order chi connectivity index (χ0) is 16.4. The third kappa shape index (κ3) is 3.80. The van der Waals surface area contributed by atoms with E-state index in [-0.39, 0.29) is 18.0 Å². The Bertz CT molecular complexity index is 715. The third-order valence-corrected chi connectivity index (χ3v) is 4.66. The van der Waals surface area contributed by atoms with Gasteiger partial charge in [-0.2, -0.15) is 0 Å². The highest BCUT2D eigenvalue weighted by Crippen LogP contribution is 2.25. The predicted octanol–water partition coefficient (Wildman–Crippen LogP) is 3.61. The van der Waals surface area contributed by atoms with Gasteiger partial charge in [0.1, 0.15) is 6.04 Å². The van der Waals surface area contributed by atoms with Crippen LogP contribution in [0.4, 0.5) is 5.69 Å². The van der Waals surface area contributed by atoms with E-state index >= 15 is 0 Å². The Morgan fingerprint density at radius 2 is 1.87 bits per heavy atom. The summed E-state index contributed by atoms with van der Waals surface area (Å²) in [5.41, 5.74) is 10.6. The van der Waals surface area contributed by atoms with Gasteiger partial charge in [-0.3, -0.25) is 4.79 Å². The summed E-state index contributed by atoms with van der Waals surface area (Å²) in [7, 11) is 0. The standard InChI is InChI=1S/C18H20BrN3O/c1-11-3-8-15(12(2)9-11)20-18(23)17-10-16(21-22-17)13-4-6-14(19)7-5-13/h3-9,16-17,21-22H,10H2,1-2H3,(H,20,23). The first-order valence-corrected chi connectivity index (χ1v) is 8.47. The maximum absolute atomic E-state index is 12.5. The van der Waals surface area contributed by atoms with Gasteiger partial charge < -0.3 is 5.32 Å². The van der Waals surface area contributed by atoms with Gasteiger partial charge in [0.15, 0.2) is 0 Å². The summed E-state index contributed by atoms with van der Waals surface area (Å²) < 4.78 is 1.05. The summed E-state index contributed by atoms with van der Waals surface area (Å²) in [5.74, 6) is -0.0101. The van der Waals surface area contributed by atoms with E-state index in [1.54, 1.807) is 0 Å². The van der Waals surface area contributed by atoms with Crippen LogP contribution in [0.15, 0.2) is 46.9 Å². The van der Waals surface area contributed by atoms with Crippen molar-refractivity contribution in [1.29, 1.82) is 0 Å². The molecule has 4 nitrogen and oxygen atoms in total. The van der Waals surface area contributed by atoms with E-state index in [2.05, 4.69) is 50.3 Å². The molecule has 5 heteroatoms. The molecule has 2 aromatic carbocycles. The molecule has 1 aliphatic heterocycles. The highest BCUT2D eigenvalue weighted by molar-refractivity contribution is 9.10. The number of benzene rings is 2. The fourth-order valence-corrected chi connectivity index (χ4v) is 3.08. The molecule has 3 rings (SSSR count). The molecule has 0 spiro atoms. The number of nitrogens with one attached hydrogen (secondary N) is 3. The monoisotopic (exact) mass is 373 g/mol. The van der Waals surface area contributed by atoms with Gasteiger partial charge in [-0.1, -0.05) is 45.8 Å². The van der Waals surface area contributed by atoms with Gasteiger partial charge in [-0.15, -0.1) is 0 Å². The van der Waals surface area contributed by atoms with Gasteiger partial charge in [0.2, 0.25) is 5.91 Å². The highest BCUT2D eigenvalue weighted by Gasteiger charge is 2.30. The van der Waals surface area contributed by atoms with Crippen molar-refractivity contribution in [2.75, 3.05) is 5.32 Å². The van der Waals surface area contributed by atoms with E-state index in [4.69, 9.17) is 0 Å². The molecule has 2 aromatic rings. The molecule has 2 atom stereocenters. The number of carbonyl (C=O) groups is 1. The predicted molar refractivity (Wildman–Crippen MR) is 96.1 cm³/mol. The Labute approximate surface area is 144 Å². The summed E-state index contributed by atoms with van der Waals surface area (Å²) in [5, 5.41) is 3.01. The van der Waals surface area contributed by atoms with Crippen LogP contribution in [0.25, 0.3) is 0 Å². The fraction of sp³-hybridized carbons (Fsp3) is 0.278. The van der Waals surface area contributed by atoms with Gasteiger partial charge in [0, 0.05) is 16.2 Å². The Balaban J connectivity index is 1.64. The normalized spacial score (nSPS) is 20.5. The maximum Gasteiger partial charge on any atom is 0.242 e. The molecule has 0 aliphatic carbocycles. The number of anilines is 1. The molecule has 1 amide bonds. The molecule has 2 unspecified atom stereocenters. The van der Waals surface area contributed by atoms with Crippen molar-refractivity contribution >= 4 is 27.5 Å². The Hall–Kier alpha value is -1.69. The van der Waals surface area contributed by atoms with Crippen molar-refractivity contribution in [2.45, 2.75) is 32.4 Å². The van der Waals surface area contributed by atoms with Crippen LogP contribution in [0, 0.1) is 13.8 Å². The molecule has 1 heterocycles. The van der Waals surface area contributed by atoms with Gasteiger partial charge in [-0.25, -0.2) is 10.9 Å². The minimum atomic E-state index is -0.246. The average molecular weight is 374 g/mol. The lowest BCUT2D eigenvalue weighted by Crippen LogP contribution is -2.39. The number of carbonyl (C=O) groups excluding carboxylic acids is 1. The number of halogens is 1. The lowest BCUT2D eigenvalue weighted by atomic mass is 10.0. The van der Waals surface area contributed by atoms with Crippen molar-refractivity contribution in [1.82, 2.24) is 10.9 Å². The SMILES string of the molecule is Cc1ccc(NC(=O)C2CC(c3ccc(Br)cc3)NN2)c(C)c1. The molecular weight excluding hydrogens is 354 g/mol. The number of rotatable bonds is 3. The lowest BCUT2D eigenvalue weighted by molar-refractivity contribution is -0.117. The van der Waals surface area contributed by atoms with Gasteiger partial charge in [0.25, 0.3) is 0 Å². The zero-order valence-corrected chi connectivity index (χ0v) is 14.8. The molecule has 23 heavy (non-hydrogen) atoms. The van der Waals surface area contributed by atoms with Crippen molar-refractivity contribution < 1.29 is 4.79 Å². The summed E-state index contributed by atoms with van der Waals surface area (Å²) in [6, 6.07) is 14.1. The van der Waals surface area contributed by atoms with Crippen molar-refractivity contribution in [3.63, 3.8) is 0 Å². The number of hydrogen-bond donors (Lipinski definition) is 3. The smallest absolute Gasteiger partial charge is 0.242 e. The summed E-state index contributed by atoms with van der Waals surface area (Å²) in [4.78, 5) is 12.5. The van der Waals surface area contributed by atoms with E-state index in [9.17, 15) is 4.79 Å².